The number of rotatable bonds is 8. The fraction of sp³-hybridized carbons (Fsp3) is 0.333. The summed E-state index contributed by atoms with van der Waals surface area (Å²) in [5.41, 5.74) is -1.22. The van der Waals surface area contributed by atoms with Crippen LogP contribution in [0.4, 0.5) is 10.5 Å². The van der Waals surface area contributed by atoms with Crippen LogP contribution in [-0.2, 0) is 19.1 Å². The van der Waals surface area contributed by atoms with Gasteiger partial charge >= 0.3 is 17.8 Å². The smallest absolute Gasteiger partial charge is 0.499 e. The van der Waals surface area contributed by atoms with E-state index in [-0.39, 0.29) is 11.1 Å². The standard InChI is InChI=1S/C18H19N3O9/c1-4-20(5-2)17(24)12(9-19)6-11-7-13(21(26)27)16(23)14(8-11)30-18(25)29-10-15(22)28-3/h6-8,23H,4-5,10H2,1-3H3/b12-6+. The minimum Gasteiger partial charge on any atom is -0.499 e. The third kappa shape index (κ3) is 6.20. The normalized spacial score (nSPS) is 10.5. The maximum absolute atomic E-state index is 12.4. The summed E-state index contributed by atoms with van der Waals surface area (Å²) in [7, 11) is 1.06. The molecule has 12 nitrogen and oxygen atoms in total. The molecular weight excluding hydrogens is 402 g/mol. The summed E-state index contributed by atoms with van der Waals surface area (Å²) in [4.78, 5) is 46.7. The van der Waals surface area contributed by atoms with Crippen molar-refractivity contribution in [3.8, 4) is 17.6 Å². The highest BCUT2D eigenvalue weighted by Crippen LogP contribution is 2.38. The second kappa shape index (κ2) is 11.0. The van der Waals surface area contributed by atoms with Crippen LogP contribution in [0.5, 0.6) is 11.5 Å². The average Bonchev–Trinajstić information content (AvgIpc) is 2.72. The fourth-order valence-electron chi connectivity index (χ4n) is 2.20. The second-order valence-corrected chi connectivity index (χ2v) is 5.51. The molecule has 0 saturated heterocycles. The summed E-state index contributed by atoms with van der Waals surface area (Å²) in [6.45, 7) is 3.32. The Hall–Kier alpha value is -4.14. The molecule has 0 radical (unpaired) electrons. The van der Waals surface area contributed by atoms with Crippen LogP contribution in [-0.4, -0.2) is 59.8 Å². The maximum Gasteiger partial charge on any atom is 0.514 e. The van der Waals surface area contributed by atoms with Crippen molar-refractivity contribution in [2.75, 3.05) is 26.8 Å². The van der Waals surface area contributed by atoms with Gasteiger partial charge in [0.25, 0.3) is 5.91 Å². The first-order chi connectivity index (χ1) is 14.2. The maximum atomic E-state index is 12.4. The summed E-state index contributed by atoms with van der Waals surface area (Å²) >= 11 is 0. The number of nitro groups is 1. The number of aromatic hydroxyl groups is 1. The molecule has 1 amide bonds. The zero-order chi connectivity index (χ0) is 22.8. The van der Waals surface area contributed by atoms with Gasteiger partial charge < -0.3 is 24.2 Å². The van der Waals surface area contributed by atoms with Gasteiger partial charge in [0.05, 0.1) is 12.0 Å². The average molecular weight is 421 g/mol. The van der Waals surface area contributed by atoms with E-state index < -0.39 is 46.7 Å². The molecule has 0 saturated carbocycles. The first kappa shape index (κ1) is 23.9. The lowest BCUT2D eigenvalue weighted by Crippen LogP contribution is -2.31. The van der Waals surface area contributed by atoms with Gasteiger partial charge in [-0.05, 0) is 31.6 Å². The second-order valence-electron chi connectivity index (χ2n) is 5.51. The Morgan fingerprint density at radius 1 is 1.30 bits per heavy atom. The van der Waals surface area contributed by atoms with E-state index in [1.54, 1.807) is 19.9 Å². The van der Waals surface area contributed by atoms with E-state index >= 15 is 0 Å². The van der Waals surface area contributed by atoms with Gasteiger partial charge in [0.2, 0.25) is 5.75 Å². The molecule has 0 atom stereocenters. The first-order valence-electron chi connectivity index (χ1n) is 8.52. The minimum absolute atomic E-state index is 0.0627. The van der Waals surface area contributed by atoms with Crippen LogP contribution in [0.25, 0.3) is 6.08 Å². The molecule has 0 aliphatic carbocycles. The van der Waals surface area contributed by atoms with E-state index in [9.17, 15) is 34.9 Å². The van der Waals surface area contributed by atoms with E-state index in [0.717, 1.165) is 25.3 Å². The molecule has 0 aliphatic heterocycles. The molecule has 0 bridgehead atoms. The molecule has 0 aromatic heterocycles. The predicted octanol–water partition coefficient (Wildman–Crippen LogP) is 1.76. The number of carbonyl (C=O) groups excluding carboxylic acids is 3. The largest absolute Gasteiger partial charge is 0.514 e. The fourth-order valence-corrected chi connectivity index (χ4v) is 2.20. The molecule has 0 heterocycles. The molecule has 0 aliphatic rings. The van der Waals surface area contributed by atoms with Crippen LogP contribution in [0.2, 0.25) is 0 Å². The number of phenols is 1. The quantitative estimate of drug-likeness (QED) is 0.163. The number of ether oxygens (including phenoxy) is 3. The number of esters is 1. The first-order valence-corrected chi connectivity index (χ1v) is 8.52. The number of carbonyl (C=O) groups is 3. The van der Waals surface area contributed by atoms with Crippen molar-refractivity contribution >= 4 is 29.8 Å². The van der Waals surface area contributed by atoms with Gasteiger partial charge in [0.15, 0.2) is 12.4 Å². The lowest BCUT2D eigenvalue weighted by Gasteiger charge is -2.17. The number of amides is 1. The van der Waals surface area contributed by atoms with E-state index in [0.29, 0.717) is 13.1 Å². The summed E-state index contributed by atoms with van der Waals surface area (Å²) in [5.74, 6) is -3.13. The van der Waals surface area contributed by atoms with Crippen molar-refractivity contribution in [1.29, 1.82) is 5.26 Å². The Kier molecular flexibility index (Phi) is 8.77. The number of nitrogens with zero attached hydrogens (tertiary/aromatic N) is 3. The number of likely N-dealkylation sites (N-methyl/N-ethyl adjacent to an activating group) is 1. The van der Waals surface area contributed by atoms with Crippen molar-refractivity contribution in [1.82, 2.24) is 4.90 Å². The molecule has 0 unspecified atom stereocenters. The zero-order valence-corrected chi connectivity index (χ0v) is 16.4. The number of hydrogen-bond donors (Lipinski definition) is 1. The highest BCUT2D eigenvalue weighted by atomic mass is 16.7. The van der Waals surface area contributed by atoms with Crippen LogP contribution in [0, 0.1) is 21.4 Å². The molecule has 30 heavy (non-hydrogen) atoms. The van der Waals surface area contributed by atoms with Crippen LogP contribution < -0.4 is 4.74 Å². The van der Waals surface area contributed by atoms with E-state index in [1.807, 2.05) is 0 Å². The number of phenolic OH excluding ortho intramolecular Hbond substituents is 1. The Labute approximate surface area is 171 Å². The highest BCUT2D eigenvalue weighted by molar-refractivity contribution is 6.01. The monoisotopic (exact) mass is 421 g/mol. The van der Waals surface area contributed by atoms with Gasteiger partial charge in [0.1, 0.15) is 11.6 Å². The van der Waals surface area contributed by atoms with Gasteiger partial charge in [0, 0.05) is 19.2 Å². The van der Waals surface area contributed by atoms with Crippen LogP contribution in [0.3, 0.4) is 0 Å². The van der Waals surface area contributed by atoms with E-state index in [2.05, 4.69) is 9.47 Å². The van der Waals surface area contributed by atoms with Gasteiger partial charge in [-0.15, -0.1) is 0 Å². The van der Waals surface area contributed by atoms with E-state index in [4.69, 9.17) is 4.74 Å². The topological polar surface area (TPSA) is 169 Å². The molecule has 12 heteroatoms. The number of hydrogen-bond acceptors (Lipinski definition) is 10. The molecule has 1 aromatic rings. The Morgan fingerprint density at radius 3 is 2.43 bits per heavy atom. The van der Waals surface area contributed by atoms with Crippen LogP contribution in [0.1, 0.15) is 19.4 Å². The molecule has 0 spiro atoms. The van der Waals surface area contributed by atoms with Crippen molar-refractivity contribution in [3.05, 3.63) is 33.4 Å². The van der Waals surface area contributed by atoms with Gasteiger partial charge in [-0.2, -0.15) is 5.26 Å². The van der Waals surface area contributed by atoms with Crippen molar-refractivity contribution in [2.45, 2.75) is 13.8 Å². The van der Waals surface area contributed by atoms with Crippen molar-refractivity contribution in [3.63, 3.8) is 0 Å². The molecule has 1 rings (SSSR count). The number of methoxy groups -OCH3 is 1. The summed E-state index contributed by atoms with van der Waals surface area (Å²) in [5, 5.41) is 30.5. The number of nitro benzene ring substituents is 1. The summed E-state index contributed by atoms with van der Waals surface area (Å²) in [6, 6.07) is 3.61. The summed E-state index contributed by atoms with van der Waals surface area (Å²) < 4.78 is 13.4. The Balaban J connectivity index is 3.32. The van der Waals surface area contributed by atoms with Crippen molar-refractivity contribution in [2.24, 2.45) is 0 Å². The number of nitriles is 1. The van der Waals surface area contributed by atoms with Gasteiger partial charge in [-0.1, -0.05) is 0 Å². The zero-order valence-electron chi connectivity index (χ0n) is 16.4. The molecule has 0 fully saturated rings. The molecule has 160 valence electrons. The highest BCUT2D eigenvalue weighted by Gasteiger charge is 2.24. The lowest BCUT2D eigenvalue weighted by atomic mass is 10.1. The third-order valence-corrected chi connectivity index (χ3v) is 3.72. The van der Waals surface area contributed by atoms with Gasteiger partial charge in [-0.25, -0.2) is 9.59 Å². The lowest BCUT2D eigenvalue weighted by molar-refractivity contribution is -0.385. The molecule has 1 N–H and O–H groups in total. The van der Waals surface area contributed by atoms with Crippen molar-refractivity contribution < 1.29 is 38.6 Å². The Bertz CT molecular complexity index is 914. The van der Waals surface area contributed by atoms with E-state index in [1.165, 1.54) is 4.90 Å². The SMILES string of the molecule is CCN(CC)C(=O)/C(C#N)=C/c1cc(OC(=O)OCC(=O)OC)c(O)c([N+](=O)[O-])c1. The molecule has 1 aromatic carbocycles. The Morgan fingerprint density at radius 2 is 1.93 bits per heavy atom. The van der Waals surface area contributed by atoms with Crippen LogP contribution in [0.15, 0.2) is 17.7 Å². The summed E-state index contributed by atoms with van der Waals surface area (Å²) in [6.07, 6.45) is -0.384. The van der Waals surface area contributed by atoms with Gasteiger partial charge in [-0.3, -0.25) is 14.9 Å². The van der Waals surface area contributed by atoms with Crippen LogP contribution >= 0.6 is 0 Å². The molecular formula is C18H19N3O9. The number of benzene rings is 1. The third-order valence-electron chi connectivity index (χ3n) is 3.72. The minimum atomic E-state index is -1.44. The predicted molar refractivity (Wildman–Crippen MR) is 100 cm³/mol.